The molecule has 0 aromatic carbocycles. The maximum Gasteiger partial charge on any atom is 0.312 e. The van der Waals surface area contributed by atoms with E-state index in [1.165, 1.54) is 0 Å². The number of aliphatic hydroxyl groups is 7. The number of hydrogen-bond donors (Lipinski definition) is 14. The van der Waals surface area contributed by atoms with E-state index >= 15 is 0 Å². The van der Waals surface area contributed by atoms with Crippen LogP contribution < -0.4 is 38.5 Å². The normalized spacial score (nSPS) is 22.1. The van der Waals surface area contributed by atoms with Crippen LogP contribution in [0.25, 0.3) is 0 Å². The van der Waals surface area contributed by atoms with Gasteiger partial charge in [0.15, 0.2) is 23.3 Å². The van der Waals surface area contributed by atoms with Crippen molar-refractivity contribution in [2.75, 3.05) is 32.9 Å². The van der Waals surface area contributed by atoms with Gasteiger partial charge in [-0.25, -0.2) is 4.79 Å². The highest BCUT2D eigenvalue weighted by Crippen LogP contribution is 2.29. The highest BCUT2D eigenvalue weighted by atomic mass is 16.4. The van der Waals surface area contributed by atoms with E-state index in [-0.39, 0.29) is 56.9 Å². The standard InChI is InChI=1S/C33H58N8O14/c1-2-5-22(45)19(6-4-9-38-32(36)54)39-28(51)17(14-42)10-23(46)20(7-3-8-37-31(34)35)40-29(52)18(15-43)11-24(47)21(16-44)41-30(53)33(55)12-25(48)27(50)26(49)13-33/h17-21,25-27,42-44,48-50,55H,2-16H2,1H3,(H,39,51)(H,40,52)(H,41,53)(H4,34,35,37)(H3,36,38,54)/t17-,18+,19-,20-,21+,25?,26?,27?,33?/m0/s1. The molecule has 1 fully saturated rings. The van der Waals surface area contributed by atoms with Crippen molar-refractivity contribution in [2.24, 2.45) is 34.0 Å². The number of nitrogens with two attached hydrogens (primary N) is 3. The number of nitrogens with one attached hydrogen (secondary N) is 4. The van der Waals surface area contributed by atoms with Crippen molar-refractivity contribution in [3.8, 4) is 0 Å². The lowest BCUT2D eigenvalue weighted by molar-refractivity contribution is -0.174. The smallest absolute Gasteiger partial charge is 0.312 e. The average Bonchev–Trinajstić information content (AvgIpc) is 3.12. The lowest BCUT2D eigenvalue weighted by atomic mass is 9.79. The van der Waals surface area contributed by atoms with Crippen molar-refractivity contribution < 1.29 is 69.3 Å². The third kappa shape index (κ3) is 16.5. The summed E-state index contributed by atoms with van der Waals surface area (Å²) in [4.78, 5) is 93.5. The van der Waals surface area contributed by atoms with Crippen LogP contribution in [0.5, 0.6) is 0 Å². The van der Waals surface area contributed by atoms with Crippen LogP contribution in [-0.2, 0) is 28.8 Å². The van der Waals surface area contributed by atoms with Gasteiger partial charge in [0.25, 0.3) is 5.91 Å². The first-order chi connectivity index (χ1) is 25.8. The summed E-state index contributed by atoms with van der Waals surface area (Å²) in [6.07, 6.45) is -6.76. The van der Waals surface area contributed by atoms with Crippen molar-refractivity contribution in [1.29, 1.82) is 0 Å². The molecule has 1 rings (SSSR count). The van der Waals surface area contributed by atoms with Gasteiger partial charge in [-0.05, 0) is 32.1 Å². The largest absolute Gasteiger partial charge is 0.396 e. The second-order valence-electron chi connectivity index (χ2n) is 13.6. The fraction of sp³-hybridized carbons (Fsp3) is 0.758. The number of carbonyl (C=O) groups excluding carboxylic acids is 7. The Morgan fingerprint density at radius 2 is 1.22 bits per heavy atom. The van der Waals surface area contributed by atoms with E-state index in [4.69, 9.17) is 17.2 Å². The highest BCUT2D eigenvalue weighted by molar-refractivity contribution is 5.97. The first-order valence-electron chi connectivity index (χ1n) is 18.0. The molecule has 0 aliphatic heterocycles. The van der Waals surface area contributed by atoms with Gasteiger partial charge >= 0.3 is 6.03 Å². The Balaban J connectivity index is 3.09. The number of nitrogens with zero attached hydrogens (tertiary/aromatic N) is 1. The first-order valence-corrected chi connectivity index (χ1v) is 18.0. The predicted molar refractivity (Wildman–Crippen MR) is 192 cm³/mol. The molecule has 314 valence electrons. The molecule has 55 heavy (non-hydrogen) atoms. The number of hydrogen-bond acceptors (Lipinski definition) is 15. The molecule has 7 atom stereocenters. The summed E-state index contributed by atoms with van der Waals surface area (Å²) >= 11 is 0. The van der Waals surface area contributed by atoms with Gasteiger partial charge in [0.05, 0.1) is 55.9 Å². The Kier molecular flexibility index (Phi) is 21.5. The van der Waals surface area contributed by atoms with E-state index in [9.17, 15) is 69.3 Å². The van der Waals surface area contributed by atoms with E-state index < -0.39 is 135 Å². The number of aliphatic imine (C=N–C) groups is 1. The van der Waals surface area contributed by atoms with Crippen molar-refractivity contribution in [3.05, 3.63) is 0 Å². The van der Waals surface area contributed by atoms with E-state index in [1.54, 1.807) is 6.92 Å². The molecule has 5 amide bonds. The Labute approximate surface area is 317 Å². The molecule has 0 radical (unpaired) electrons. The molecule has 17 N–H and O–H groups in total. The molecule has 0 bridgehead atoms. The molecule has 0 spiro atoms. The van der Waals surface area contributed by atoms with Gasteiger partial charge < -0.3 is 74.2 Å². The second-order valence-corrected chi connectivity index (χ2v) is 13.6. The number of guanidine groups is 1. The summed E-state index contributed by atoms with van der Waals surface area (Å²) in [7, 11) is 0. The van der Waals surface area contributed by atoms with Crippen LogP contribution in [0.1, 0.15) is 71.1 Å². The van der Waals surface area contributed by atoms with Gasteiger partial charge in [-0.2, -0.15) is 0 Å². The number of aliphatic hydroxyl groups excluding tert-OH is 6. The first kappa shape index (κ1) is 48.7. The van der Waals surface area contributed by atoms with Gasteiger partial charge in [-0.15, -0.1) is 0 Å². The van der Waals surface area contributed by atoms with Gasteiger partial charge in [0.1, 0.15) is 17.7 Å². The topological polar surface area (TPSA) is 400 Å². The van der Waals surface area contributed by atoms with E-state index in [0.29, 0.717) is 6.42 Å². The van der Waals surface area contributed by atoms with Gasteiger partial charge in [0.2, 0.25) is 11.8 Å². The fourth-order valence-corrected chi connectivity index (χ4v) is 5.88. The minimum atomic E-state index is -2.43. The quantitative estimate of drug-likeness (QED) is 0.0220. The molecule has 1 saturated carbocycles. The zero-order valence-corrected chi connectivity index (χ0v) is 30.9. The lowest BCUT2D eigenvalue weighted by Crippen LogP contribution is -2.61. The molecular weight excluding hydrogens is 732 g/mol. The minimum Gasteiger partial charge on any atom is -0.396 e. The minimum absolute atomic E-state index is 0.0247. The zero-order valence-electron chi connectivity index (χ0n) is 30.9. The Bertz CT molecular complexity index is 1330. The van der Waals surface area contributed by atoms with E-state index in [0.717, 1.165) is 0 Å². The Hall–Kier alpha value is -4.32. The SMILES string of the molecule is CCCC(=O)[C@H](CCCNC(N)=O)NC(=O)[C@H](CO)CC(=O)[C@H](CCCN=C(N)N)NC(=O)[C@@H](CO)CC(=O)[C@@H](CO)NC(=O)C1(O)CC(O)C(O)C(O)C1. The summed E-state index contributed by atoms with van der Waals surface area (Å²) in [5, 5.41) is 79.6. The molecule has 0 aromatic heterocycles. The number of Topliss-reactive ketones (excluding diaryl/α,β-unsaturated/α-hetero) is 3. The number of carbonyl (C=O) groups is 7. The molecular formula is C33H58N8O14. The monoisotopic (exact) mass is 790 g/mol. The molecule has 1 aliphatic carbocycles. The van der Waals surface area contributed by atoms with Gasteiger partial charge in [0, 0.05) is 45.2 Å². The van der Waals surface area contributed by atoms with Crippen LogP contribution in [0.4, 0.5) is 4.79 Å². The third-order valence-corrected chi connectivity index (χ3v) is 9.08. The molecule has 0 aromatic rings. The number of ketones is 3. The number of rotatable bonds is 26. The summed E-state index contributed by atoms with van der Waals surface area (Å²) < 4.78 is 0. The average molecular weight is 791 g/mol. The van der Waals surface area contributed by atoms with Gasteiger partial charge in [-0.3, -0.25) is 33.8 Å². The van der Waals surface area contributed by atoms with Crippen LogP contribution in [0.3, 0.4) is 0 Å². The van der Waals surface area contributed by atoms with Gasteiger partial charge in [-0.1, -0.05) is 6.92 Å². The third-order valence-electron chi connectivity index (χ3n) is 9.08. The number of primary amides is 1. The van der Waals surface area contributed by atoms with Crippen molar-refractivity contribution >= 4 is 47.1 Å². The van der Waals surface area contributed by atoms with Crippen molar-refractivity contribution in [2.45, 2.75) is 113 Å². The Morgan fingerprint density at radius 1 is 0.727 bits per heavy atom. The van der Waals surface area contributed by atoms with E-state index in [1.807, 2.05) is 0 Å². The fourth-order valence-electron chi connectivity index (χ4n) is 5.88. The number of amides is 5. The molecule has 22 heteroatoms. The van der Waals surface area contributed by atoms with Crippen LogP contribution in [0.15, 0.2) is 4.99 Å². The van der Waals surface area contributed by atoms with Crippen molar-refractivity contribution in [3.63, 3.8) is 0 Å². The summed E-state index contributed by atoms with van der Waals surface area (Å²) in [6.45, 7) is -0.859. The highest BCUT2D eigenvalue weighted by Gasteiger charge is 2.49. The second kappa shape index (κ2) is 24.2. The number of urea groups is 1. The summed E-state index contributed by atoms with van der Waals surface area (Å²) in [6, 6.07) is -4.83. The van der Waals surface area contributed by atoms with Crippen LogP contribution >= 0.6 is 0 Å². The molecule has 22 nitrogen and oxygen atoms in total. The lowest BCUT2D eigenvalue weighted by Gasteiger charge is -2.39. The Morgan fingerprint density at radius 3 is 1.67 bits per heavy atom. The summed E-state index contributed by atoms with van der Waals surface area (Å²) in [5.41, 5.74) is 13.3. The van der Waals surface area contributed by atoms with Crippen molar-refractivity contribution in [1.82, 2.24) is 21.3 Å². The maximum absolute atomic E-state index is 13.5. The molecule has 2 unspecified atom stereocenters. The molecule has 0 saturated heterocycles. The predicted octanol–water partition coefficient (Wildman–Crippen LogP) is -5.95. The maximum atomic E-state index is 13.5. The summed E-state index contributed by atoms with van der Waals surface area (Å²) in [5.74, 6) is -8.26. The molecule has 0 heterocycles. The van der Waals surface area contributed by atoms with Crippen LogP contribution in [0.2, 0.25) is 0 Å². The van der Waals surface area contributed by atoms with E-state index in [2.05, 4.69) is 26.3 Å². The van der Waals surface area contributed by atoms with Crippen LogP contribution in [-0.4, -0.2) is 158 Å². The van der Waals surface area contributed by atoms with Crippen LogP contribution in [0, 0.1) is 11.8 Å². The molecule has 1 aliphatic rings. The zero-order chi connectivity index (χ0) is 41.9.